The lowest BCUT2D eigenvalue weighted by Gasteiger charge is -2.56. The quantitative estimate of drug-likeness (QED) is 0.125. The molecule has 12 heteroatoms. The van der Waals surface area contributed by atoms with E-state index in [0.29, 0.717) is 17.8 Å². The second kappa shape index (κ2) is 16.6. The van der Waals surface area contributed by atoms with Gasteiger partial charge in [-0.3, -0.25) is 0 Å². The van der Waals surface area contributed by atoms with Crippen molar-refractivity contribution in [3.05, 3.63) is 144 Å². The number of esters is 4. The number of rotatable bonds is 11. The fourth-order valence-electron chi connectivity index (χ4n) is 9.24. The molecular weight excluding hydrogens is 730 g/mol. The average Bonchev–Trinajstić information content (AvgIpc) is 3.22. The molecule has 5 aliphatic rings. The summed E-state index contributed by atoms with van der Waals surface area (Å²) in [5, 5.41) is 3.15. The Kier molecular flexibility index (Phi) is 11.0. The van der Waals surface area contributed by atoms with Crippen LogP contribution in [0, 0.1) is 17.8 Å². The van der Waals surface area contributed by atoms with Crippen LogP contribution in [0.3, 0.4) is 0 Å². The summed E-state index contributed by atoms with van der Waals surface area (Å²) >= 11 is 0. The van der Waals surface area contributed by atoms with Crippen LogP contribution in [0.5, 0.6) is 0 Å². The molecule has 1 amide bonds. The smallest absolute Gasteiger partial charge is 0.410 e. The van der Waals surface area contributed by atoms with Gasteiger partial charge in [0.25, 0.3) is 0 Å². The molecule has 0 spiro atoms. The van der Waals surface area contributed by atoms with Crippen molar-refractivity contribution < 1.29 is 52.4 Å². The Morgan fingerprint density at radius 2 is 0.895 bits per heavy atom. The standard InChI is InChI=1S/C45H43NO11/c47-39(31-13-5-1-6-14-31)52-27-35-36(54-40(48)32-15-7-2-8-16-32)37(55-41(49)33-17-9-3-10-18-33)38(56-42(50)34-19-11-4-12-20-34)43(53-35)57-44(51)46-45-24-28-21-29(25-45)23-30(22-28)26-45/h1-20,28-30,35-38,43H,21-27H2,(H,46,51)/t28?,29?,30?,35-,36-,37+,38-,43+,45?/m1/s1. The van der Waals surface area contributed by atoms with Crippen LogP contribution in [0.25, 0.3) is 0 Å². The molecule has 1 heterocycles. The lowest BCUT2D eigenvalue weighted by atomic mass is 9.53. The first kappa shape index (κ1) is 37.9. The van der Waals surface area contributed by atoms with Crippen molar-refractivity contribution in [3.63, 3.8) is 0 Å². The van der Waals surface area contributed by atoms with Crippen LogP contribution < -0.4 is 5.32 Å². The van der Waals surface area contributed by atoms with E-state index in [1.54, 1.807) is 84.9 Å². The number of carbonyl (C=O) groups excluding carboxylic acids is 5. The van der Waals surface area contributed by atoms with Gasteiger partial charge in [0.05, 0.1) is 22.3 Å². The molecule has 12 nitrogen and oxygen atoms in total. The predicted molar refractivity (Wildman–Crippen MR) is 203 cm³/mol. The average molecular weight is 774 g/mol. The molecule has 294 valence electrons. The van der Waals surface area contributed by atoms with Gasteiger partial charge in [-0.1, -0.05) is 72.8 Å². The summed E-state index contributed by atoms with van der Waals surface area (Å²) in [6.45, 7) is -0.532. The molecule has 0 radical (unpaired) electrons. The first-order valence-electron chi connectivity index (χ1n) is 19.4. The maximum absolute atomic E-state index is 14.0. The van der Waals surface area contributed by atoms with Gasteiger partial charge >= 0.3 is 30.0 Å². The number of carbonyl (C=O) groups is 5. The Morgan fingerprint density at radius 1 is 0.509 bits per heavy atom. The third-order valence-electron chi connectivity index (χ3n) is 11.4. The Morgan fingerprint density at radius 3 is 1.33 bits per heavy atom. The van der Waals surface area contributed by atoms with Crippen molar-refractivity contribution in [1.82, 2.24) is 5.32 Å². The lowest BCUT2D eigenvalue weighted by molar-refractivity contribution is -0.283. The third kappa shape index (κ3) is 8.71. The predicted octanol–water partition coefficient (Wildman–Crippen LogP) is 6.94. The fraction of sp³-hybridized carbons (Fsp3) is 0.356. The monoisotopic (exact) mass is 773 g/mol. The van der Waals surface area contributed by atoms with E-state index in [1.165, 1.54) is 36.4 Å². The second-order valence-corrected chi connectivity index (χ2v) is 15.4. The zero-order chi connectivity index (χ0) is 39.4. The number of ether oxygens (including phenoxy) is 6. The third-order valence-corrected chi connectivity index (χ3v) is 11.4. The maximum Gasteiger partial charge on any atom is 0.410 e. The molecule has 4 aromatic rings. The maximum atomic E-state index is 14.0. The summed E-state index contributed by atoms with van der Waals surface area (Å²) in [6.07, 6.45) is -2.80. The van der Waals surface area contributed by atoms with E-state index in [-0.39, 0.29) is 22.3 Å². The normalized spacial score (nSPS) is 28.4. The van der Waals surface area contributed by atoms with Gasteiger partial charge in [-0.15, -0.1) is 0 Å². The lowest BCUT2D eigenvalue weighted by Crippen LogP contribution is -2.65. The topological polar surface area (TPSA) is 153 Å². The van der Waals surface area contributed by atoms with Crippen LogP contribution in [-0.2, 0) is 28.4 Å². The van der Waals surface area contributed by atoms with E-state index in [4.69, 9.17) is 28.4 Å². The van der Waals surface area contributed by atoms with Gasteiger partial charge in [0.15, 0.2) is 12.2 Å². The van der Waals surface area contributed by atoms with Gasteiger partial charge in [0.1, 0.15) is 12.7 Å². The van der Waals surface area contributed by atoms with Crippen LogP contribution in [0.2, 0.25) is 0 Å². The molecule has 1 saturated heterocycles. The zero-order valence-electron chi connectivity index (χ0n) is 31.1. The molecule has 0 unspecified atom stereocenters. The molecule has 0 aromatic heterocycles. The van der Waals surface area contributed by atoms with Gasteiger partial charge < -0.3 is 33.7 Å². The van der Waals surface area contributed by atoms with Crippen molar-refractivity contribution in [2.45, 2.75) is 74.8 Å². The van der Waals surface area contributed by atoms with Gasteiger partial charge in [-0.2, -0.15) is 0 Å². The number of hydrogen-bond donors (Lipinski definition) is 1. The minimum Gasteiger partial charge on any atom is -0.459 e. The molecule has 1 aliphatic heterocycles. The molecule has 1 N–H and O–H groups in total. The molecule has 4 aliphatic carbocycles. The van der Waals surface area contributed by atoms with E-state index in [0.717, 1.165) is 38.5 Å². The van der Waals surface area contributed by atoms with Crippen molar-refractivity contribution in [3.8, 4) is 0 Å². The van der Waals surface area contributed by atoms with Crippen molar-refractivity contribution in [2.75, 3.05) is 6.61 Å². The minimum atomic E-state index is -1.72. The molecule has 5 atom stereocenters. The molecule has 9 rings (SSSR count). The van der Waals surface area contributed by atoms with E-state index in [2.05, 4.69) is 5.32 Å². The second-order valence-electron chi connectivity index (χ2n) is 15.4. The SMILES string of the molecule is O=C(NC12CC3CC(CC(C3)C1)C2)O[C@@H]1O[C@H](COC(=O)c2ccccc2)[C@@H](OC(=O)c2ccccc2)[C@H](OC(=O)c2ccccc2)[C@H]1OC(=O)c1ccccc1. The molecule has 5 fully saturated rings. The Hall–Kier alpha value is -6.01. The van der Waals surface area contributed by atoms with Gasteiger partial charge in [-0.25, -0.2) is 24.0 Å². The van der Waals surface area contributed by atoms with Crippen molar-refractivity contribution in [2.24, 2.45) is 17.8 Å². The Bertz CT molecular complexity index is 2020. The summed E-state index contributed by atoms with van der Waals surface area (Å²) in [6, 6.07) is 32.5. The van der Waals surface area contributed by atoms with Gasteiger partial charge in [-0.05, 0) is 105 Å². The summed E-state index contributed by atoms with van der Waals surface area (Å²) in [7, 11) is 0. The molecule has 57 heavy (non-hydrogen) atoms. The molecule has 4 saturated carbocycles. The number of alkyl carbamates (subject to hydrolysis) is 1. The van der Waals surface area contributed by atoms with Crippen LogP contribution >= 0.6 is 0 Å². The molecular formula is C45H43NO11. The summed E-state index contributed by atoms with van der Waals surface area (Å²) in [5.74, 6) is -1.66. The largest absolute Gasteiger partial charge is 0.459 e. The molecule has 4 bridgehead atoms. The summed E-state index contributed by atoms with van der Waals surface area (Å²) in [5.41, 5.74) is 0.259. The van der Waals surface area contributed by atoms with E-state index in [9.17, 15) is 24.0 Å². The Balaban J connectivity index is 1.15. The van der Waals surface area contributed by atoms with Crippen LogP contribution in [0.15, 0.2) is 121 Å². The van der Waals surface area contributed by atoms with E-state index < -0.39 is 72.8 Å². The first-order valence-corrected chi connectivity index (χ1v) is 19.4. The van der Waals surface area contributed by atoms with Crippen molar-refractivity contribution in [1.29, 1.82) is 0 Å². The number of amides is 1. The number of nitrogens with one attached hydrogen (secondary N) is 1. The highest BCUT2D eigenvalue weighted by Gasteiger charge is 2.56. The highest BCUT2D eigenvalue weighted by atomic mass is 16.8. The highest BCUT2D eigenvalue weighted by Crippen LogP contribution is 2.55. The number of hydrogen-bond acceptors (Lipinski definition) is 11. The van der Waals surface area contributed by atoms with Gasteiger partial charge in [0.2, 0.25) is 12.4 Å². The Labute approximate surface area is 329 Å². The van der Waals surface area contributed by atoms with Crippen LogP contribution in [0.1, 0.15) is 80.0 Å². The summed E-state index contributed by atoms with van der Waals surface area (Å²) < 4.78 is 36.3. The fourth-order valence-corrected chi connectivity index (χ4v) is 9.24. The molecule has 4 aromatic carbocycles. The number of benzene rings is 4. The highest BCUT2D eigenvalue weighted by molar-refractivity contribution is 5.91. The zero-order valence-corrected chi connectivity index (χ0v) is 31.1. The van der Waals surface area contributed by atoms with Crippen LogP contribution in [-0.4, -0.2) is 72.8 Å². The van der Waals surface area contributed by atoms with Crippen LogP contribution in [0.4, 0.5) is 4.79 Å². The van der Waals surface area contributed by atoms with Gasteiger partial charge in [0, 0.05) is 5.54 Å². The summed E-state index contributed by atoms with van der Waals surface area (Å²) in [4.78, 5) is 68.7. The van der Waals surface area contributed by atoms with E-state index >= 15 is 0 Å². The minimum absolute atomic E-state index is 0.148. The van der Waals surface area contributed by atoms with E-state index in [1.807, 2.05) is 0 Å². The van der Waals surface area contributed by atoms with Crippen molar-refractivity contribution >= 4 is 30.0 Å². The first-order chi connectivity index (χ1) is 27.7.